The molecule has 15 heavy (non-hydrogen) atoms. The maximum atomic E-state index is 5.72. The summed E-state index contributed by atoms with van der Waals surface area (Å²) in [6.07, 6.45) is 8.69. The molecular weight excluding hydrogens is 208 g/mol. The molecule has 1 fully saturated rings. The van der Waals surface area contributed by atoms with Crippen LogP contribution in [0.4, 0.5) is 0 Å². The number of piperidine rings is 1. The van der Waals surface area contributed by atoms with E-state index in [-0.39, 0.29) is 0 Å². The molecule has 2 heterocycles. The van der Waals surface area contributed by atoms with E-state index < -0.39 is 0 Å². The number of halogens is 1. The Morgan fingerprint density at radius 1 is 1.33 bits per heavy atom. The quantitative estimate of drug-likeness (QED) is 0.779. The van der Waals surface area contributed by atoms with E-state index in [9.17, 15) is 0 Å². The van der Waals surface area contributed by atoms with Crippen LogP contribution in [0.15, 0.2) is 24.4 Å². The Kier molecular flexibility index (Phi) is 3.75. The van der Waals surface area contributed by atoms with Gasteiger partial charge < -0.3 is 5.32 Å². The summed E-state index contributed by atoms with van der Waals surface area (Å²) in [7, 11) is 0. The van der Waals surface area contributed by atoms with Crippen molar-refractivity contribution in [3.05, 3.63) is 35.1 Å². The summed E-state index contributed by atoms with van der Waals surface area (Å²) >= 11 is 5.72. The molecule has 0 unspecified atom stereocenters. The highest BCUT2D eigenvalue weighted by molar-refractivity contribution is 6.29. The number of allylic oxidation sites excluding steroid dienone is 1. The van der Waals surface area contributed by atoms with Crippen molar-refractivity contribution in [2.24, 2.45) is 5.92 Å². The lowest BCUT2D eigenvalue weighted by Crippen LogP contribution is -2.26. The maximum Gasteiger partial charge on any atom is 0.129 e. The van der Waals surface area contributed by atoms with Crippen molar-refractivity contribution in [2.75, 3.05) is 13.1 Å². The van der Waals surface area contributed by atoms with E-state index in [1.807, 2.05) is 12.1 Å². The van der Waals surface area contributed by atoms with Crippen LogP contribution in [-0.4, -0.2) is 18.1 Å². The number of hydrogen-bond donors (Lipinski definition) is 1. The van der Waals surface area contributed by atoms with Crippen LogP contribution < -0.4 is 5.32 Å². The lowest BCUT2D eigenvalue weighted by molar-refractivity contribution is 0.438. The van der Waals surface area contributed by atoms with Crippen LogP contribution in [0.2, 0.25) is 5.15 Å². The molecule has 80 valence electrons. The van der Waals surface area contributed by atoms with E-state index >= 15 is 0 Å². The molecule has 2 rings (SSSR count). The van der Waals surface area contributed by atoms with Gasteiger partial charge in [-0.2, -0.15) is 0 Å². The third kappa shape index (κ3) is 3.33. The van der Waals surface area contributed by atoms with Crippen molar-refractivity contribution in [3.63, 3.8) is 0 Å². The second-order valence-electron chi connectivity index (χ2n) is 3.86. The summed E-state index contributed by atoms with van der Waals surface area (Å²) in [5, 5.41) is 3.91. The third-order valence-electron chi connectivity index (χ3n) is 2.69. The zero-order chi connectivity index (χ0) is 10.5. The van der Waals surface area contributed by atoms with E-state index in [0.29, 0.717) is 11.1 Å². The second-order valence-corrected chi connectivity index (χ2v) is 4.25. The highest BCUT2D eigenvalue weighted by Gasteiger charge is 2.08. The molecular formula is C12H15ClN2. The van der Waals surface area contributed by atoms with Crippen molar-refractivity contribution in [2.45, 2.75) is 12.8 Å². The van der Waals surface area contributed by atoms with Crippen molar-refractivity contribution in [3.8, 4) is 0 Å². The largest absolute Gasteiger partial charge is 0.317 e. The van der Waals surface area contributed by atoms with Crippen molar-refractivity contribution >= 4 is 17.7 Å². The lowest BCUT2D eigenvalue weighted by atomic mass is 9.97. The van der Waals surface area contributed by atoms with Crippen molar-refractivity contribution in [1.82, 2.24) is 10.3 Å². The Bertz CT molecular complexity index is 326. The highest BCUT2D eigenvalue weighted by atomic mass is 35.5. The fourth-order valence-corrected chi connectivity index (χ4v) is 1.88. The topological polar surface area (TPSA) is 24.9 Å². The Labute approximate surface area is 95.4 Å². The summed E-state index contributed by atoms with van der Waals surface area (Å²) in [4.78, 5) is 4.04. The van der Waals surface area contributed by atoms with Crippen LogP contribution in [0.3, 0.4) is 0 Å². The molecule has 2 nitrogen and oxygen atoms in total. The van der Waals surface area contributed by atoms with Gasteiger partial charge in [-0.25, -0.2) is 4.98 Å². The summed E-state index contributed by atoms with van der Waals surface area (Å²) < 4.78 is 0. The number of hydrogen-bond acceptors (Lipinski definition) is 2. The number of aromatic nitrogens is 1. The monoisotopic (exact) mass is 222 g/mol. The van der Waals surface area contributed by atoms with Gasteiger partial charge in [0.25, 0.3) is 0 Å². The van der Waals surface area contributed by atoms with Gasteiger partial charge in [-0.15, -0.1) is 0 Å². The van der Waals surface area contributed by atoms with Gasteiger partial charge in [0.1, 0.15) is 5.15 Å². The molecule has 1 aliphatic rings. The minimum atomic E-state index is 0.550. The van der Waals surface area contributed by atoms with Gasteiger partial charge in [0.15, 0.2) is 0 Å². The summed E-state index contributed by atoms with van der Waals surface area (Å²) in [6, 6.07) is 3.82. The zero-order valence-corrected chi connectivity index (χ0v) is 9.37. The van der Waals surface area contributed by atoms with Crippen molar-refractivity contribution in [1.29, 1.82) is 0 Å². The molecule has 0 aliphatic carbocycles. The molecule has 0 bridgehead atoms. The molecule has 0 saturated carbocycles. The standard InChI is InChI=1S/C12H15ClN2/c13-12-4-3-11(9-15-12)2-1-10-5-7-14-8-6-10/h1-4,9-10,14H,5-8H2/b2-1+. The van der Waals surface area contributed by atoms with E-state index in [1.165, 1.54) is 12.8 Å². The van der Waals surface area contributed by atoms with Gasteiger partial charge in [-0.1, -0.05) is 29.8 Å². The van der Waals surface area contributed by atoms with Crippen LogP contribution in [0.1, 0.15) is 18.4 Å². The van der Waals surface area contributed by atoms with Gasteiger partial charge >= 0.3 is 0 Å². The average Bonchev–Trinajstić information content (AvgIpc) is 2.30. The van der Waals surface area contributed by atoms with E-state index in [0.717, 1.165) is 18.7 Å². The van der Waals surface area contributed by atoms with E-state index in [4.69, 9.17) is 11.6 Å². The molecule has 1 aromatic heterocycles. The van der Waals surface area contributed by atoms with Gasteiger partial charge in [-0.3, -0.25) is 0 Å². The van der Waals surface area contributed by atoms with Crippen molar-refractivity contribution < 1.29 is 0 Å². The van der Waals surface area contributed by atoms with Crippen LogP contribution in [-0.2, 0) is 0 Å². The summed E-state index contributed by atoms with van der Waals surface area (Å²) in [5.74, 6) is 0.710. The van der Waals surface area contributed by atoms with E-state index in [1.54, 1.807) is 6.20 Å². The molecule has 0 spiro atoms. The van der Waals surface area contributed by atoms with Gasteiger partial charge in [-0.05, 0) is 43.5 Å². The van der Waals surface area contributed by atoms with E-state index in [2.05, 4.69) is 22.5 Å². The number of rotatable bonds is 2. The van der Waals surface area contributed by atoms with Crippen LogP contribution >= 0.6 is 11.6 Å². The first-order valence-electron chi connectivity index (χ1n) is 5.35. The van der Waals surface area contributed by atoms with Gasteiger partial charge in [0, 0.05) is 6.20 Å². The molecule has 1 aromatic rings. The number of nitrogens with one attached hydrogen (secondary N) is 1. The first-order valence-corrected chi connectivity index (χ1v) is 5.73. The van der Waals surface area contributed by atoms with Gasteiger partial charge in [0.05, 0.1) is 0 Å². The first kappa shape index (κ1) is 10.7. The minimum absolute atomic E-state index is 0.550. The lowest BCUT2D eigenvalue weighted by Gasteiger charge is -2.19. The number of pyridine rings is 1. The fourth-order valence-electron chi connectivity index (χ4n) is 1.77. The molecule has 0 radical (unpaired) electrons. The molecule has 0 amide bonds. The number of nitrogens with zero attached hydrogens (tertiary/aromatic N) is 1. The summed E-state index contributed by atoms with van der Waals surface area (Å²) in [6.45, 7) is 2.27. The molecule has 0 aromatic carbocycles. The molecule has 0 atom stereocenters. The summed E-state index contributed by atoms with van der Waals surface area (Å²) in [5.41, 5.74) is 1.12. The third-order valence-corrected chi connectivity index (χ3v) is 2.92. The van der Waals surface area contributed by atoms with Crippen LogP contribution in [0.25, 0.3) is 6.08 Å². The predicted molar refractivity (Wildman–Crippen MR) is 63.9 cm³/mol. The first-order chi connectivity index (χ1) is 7.34. The maximum absolute atomic E-state index is 5.72. The average molecular weight is 223 g/mol. The smallest absolute Gasteiger partial charge is 0.129 e. The molecule has 3 heteroatoms. The Morgan fingerprint density at radius 2 is 2.13 bits per heavy atom. The highest BCUT2D eigenvalue weighted by Crippen LogP contribution is 2.15. The SMILES string of the molecule is Clc1ccc(/C=C/C2CCNCC2)cn1. The molecule has 1 saturated heterocycles. The Balaban J connectivity index is 1.95. The second kappa shape index (κ2) is 5.29. The van der Waals surface area contributed by atoms with Crippen LogP contribution in [0, 0.1) is 5.92 Å². The molecule has 1 N–H and O–H groups in total. The Hall–Kier alpha value is -0.860. The van der Waals surface area contributed by atoms with Gasteiger partial charge in [0.2, 0.25) is 0 Å². The Morgan fingerprint density at radius 3 is 2.80 bits per heavy atom. The predicted octanol–water partition coefficient (Wildman–Crippen LogP) is 2.75. The normalized spacial score (nSPS) is 18.5. The zero-order valence-electron chi connectivity index (χ0n) is 8.62. The fraction of sp³-hybridized carbons (Fsp3) is 0.417. The molecule has 1 aliphatic heterocycles. The minimum Gasteiger partial charge on any atom is -0.317 e. The van der Waals surface area contributed by atoms with Crippen LogP contribution in [0.5, 0.6) is 0 Å².